The summed E-state index contributed by atoms with van der Waals surface area (Å²) in [5.74, 6) is 1.79. The van der Waals surface area contributed by atoms with Crippen LogP contribution in [0.5, 0.6) is 17.2 Å². The standard InChI is InChI=1S/C20H17N3O5S/c1-25-12-7-8-15(26-2)14(10-12)21-20-23-22-18(29-20)13-9-11-5-4-6-16(27-3)17(11)28-19(13)24/h4-10H,1-3H3,(H,21,23). The first-order valence-corrected chi connectivity index (χ1v) is 9.38. The van der Waals surface area contributed by atoms with Gasteiger partial charge in [0.15, 0.2) is 16.3 Å². The van der Waals surface area contributed by atoms with Gasteiger partial charge in [-0.25, -0.2) is 4.79 Å². The fourth-order valence-corrected chi connectivity index (χ4v) is 3.60. The van der Waals surface area contributed by atoms with Crippen LogP contribution in [0.15, 0.2) is 51.7 Å². The predicted octanol–water partition coefficient (Wildman–Crippen LogP) is 4.08. The maximum absolute atomic E-state index is 12.5. The Hall–Kier alpha value is -3.59. The molecule has 9 heteroatoms. The van der Waals surface area contributed by atoms with Gasteiger partial charge in [-0.1, -0.05) is 23.5 Å². The number of fused-ring (bicyclic) bond motifs is 1. The molecule has 148 valence electrons. The smallest absolute Gasteiger partial charge is 0.346 e. The molecule has 2 aromatic carbocycles. The molecule has 4 aromatic rings. The molecule has 8 nitrogen and oxygen atoms in total. The van der Waals surface area contributed by atoms with Crippen molar-refractivity contribution in [2.45, 2.75) is 0 Å². The van der Waals surface area contributed by atoms with Gasteiger partial charge in [0.1, 0.15) is 11.5 Å². The molecule has 0 amide bonds. The summed E-state index contributed by atoms with van der Waals surface area (Å²) in [5.41, 5.74) is 0.884. The van der Waals surface area contributed by atoms with Crippen LogP contribution in [-0.4, -0.2) is 31.5 Å². The van der Waals surface area contributed by atoms with Crippen LogP contribution in [0, 0.1) is 0 Å². The van der Waals surface area contributed by atoms with Crippen molar-refractivity contribution in [3.63, 3.8) is 0 Å². The third-order valence-electron chi connectivity index (χ3n) is 4.25. The molecule has 1 N–H and O–H groups in total. The van der Waals surface area contributed by atoms with Crippen molar-refractivity contribution in [2.75, 3.05) is 26.6 Å². The molecule has 0 fully saturated rings. The third kappa shape index (κ3) is 3.59. The van der Waals surface area contributed by atoms with Crippen molar-refractivity contribution in [1.82, 2.24) is 10.2 Å². The molecule has 0 bridgehead atoms. The maximum Gasteiger partial charge on any atom is 0.346 e. The highest BCUT2D eigenvalue weighted by Crippen LogP contribution is 2.34. The summed E-state index contributed by atoms with van der Waals surface area (Å²) in [6.45, 7) is 0. The van der Waals surface area contributed by atoms with Crippen LogP contribution in [0.3, 0.4) is 0 Å². The number of para-hydroxylation sites is 1. The van der Waals surface area contributed by atoms with Crippen molar-refractivity contribution in [2.24, 2.45) is 0 Å². The first-order chi connectivity index (χ1) is 14.1. The topological polar surface area (TPSA) is 95.7 Å². The van der Waals surface area contributed by atoms with E-state index in [0.29, 0.717) is 44.2 Å². The van der Waals surface area contributed by atoms with E-state index in [1.165, 1.54) is 18.4 Å². The number of methoxy groups -OCH3 is 3. The van der Waals surface area contributed by atoms with Crippen molar-refractivity contribution >= 4 is 33.1 Å². The van der Waals surface area contributed by atoms with E-state index < -0.39 is 5.63 Å². The Bertz CT molecular complexity index is 1230. The van der Waals surface area contributed by atoms with Crippen LogP contribution >= 0.6 is 11.3 Å². The molecule has 0 saturated carbocycles. The SMILES string of the molecule is COc1ccc(OC)c(Nc2nnc(-c3cc4cccc(OC)c4oc3=O)s2)c1. The van der Waals surface area contributed by atoms with Crippen LogP contribution in [0.2, 0.25) is 0 Å². The fourth-order valence-electron chi connectivity index (χ4n) is 2.84. The summed E-state index contributed by atoms with van der Waals surface area (Å²) in [6, 6.07) is 12.5. The number of hydrogen-bond donors (Lipinski definition) is 1. The second-order valence-corrected chi connectivity index (χ2v) is 6.91. The Kier molecular flexibility index (Phi) is 5.05. The normalized spacial score (nSPS) is 10.7. The lowest BCUT2D eigenvalue weighted by atomic mass is 10.2. The Morgan fingerprint density at radius 3 is 2.55 bits per heavy atom. The monoisotopic (exact) mass is 411 g/mol. The van der Waals surface area contributed by atoms with Crippen molar-refractivity contribution in [1.29, 1.82) is 0 Å². The number of nitrogens with one attached hydrogen (secondary N) is 1. The zero-order valence-electron chi connectivity index (χ0n) is 15.9. The molecule has 29 heavy (non-hydrogen) atoms. The molecule has 0 aliphatic rings. The lowest BCUT2D eigenvalue weighted by Crippen LogP contribution is -2.03. The van der Waals surface area contributed by atoms with Crippen molar-refractivity contribution in [3.8, 4) is 27.8 Å². The highest BCUT2D eigenvalue weighted by Gasteiger charge is 2.16. The van der Waals surface area contributed by atoms with Gasteiger partial charge in [-0.2, -0.15) is 0 Å². The minimum absolute atomic E-state index is 0.328. The van der Waals surface area contributed by atoms with E-state index in [0.717, 1.165) is 5.39 Å². The van der Waals surface area contributed by atoms with E-state index in [1.807, 2.05) is 12.1 Å². The zero-order chi connectivity index (χ0) is 20.4. The maximum atomic E-state index is 12.5. The highest BCUT2D eigenvalue weighted by atomic mass is 32.1. The molecule has 0 unspecified atom stereocenters. The van der Waals surface area contributed by atoms with Crippen LogP contribution in [-0.2, 0) is 0 Å². The Labute approximate surface area is 169 Å². The molecule has 0 saturated heterocycles. The van der Waals surface area contributed by atoms with Crippen molar-refractivity contribution in [3.05, 3.63) is 52.9 Å². The van der Waals surface area contributed by atoms with Gasteiger partial charge in [0.2, 0.25) is 5.13 Å². The van der Waals surface area contributed by atoms with Gasteiger partial charge in [0, 0.05) is 11.5 Å². The van der Waals surface area contributed by atoms with Gasteiger partial charge in [0.05, 0.1) is 32.6 Å². The lowest BCUT2D eigenvalue weighted by Gasteiger charge is -2.10. The lowest BCUT2D eigenvalue weighted by molar-refractivity contribution is 0.405. The van der Waals surface area contributed by atoms with Crippen LogP contribution in [0.25, 0.3) is 21.5 Å². The minimum Gasteiger partial charge on any atom is -0.497 e. The number of benzene rings is 2. The molecule has 0 atom stereocenters. The largest absolute Gasteiger partial charge is 0.497 e. The van der Waals surface area contributed by atoms with E-state index in [-0.39, 0.29) is 0 Å². The summed E-state index contributed by atoms with van der Waals surface area (Å²) >= 11 is 1.23. The predicted molar refractivity (Wildman–Crippen MR) is 111 cm³/mol. The van der Waals surface area contributed by atoms with Gasteiger partial charge in [-0.15, -0.1) is 10.2 Å². The molecule has 2 aromatic heterocycles. The van der Waals surface area contributed by atoms with Crippen LogP contribution < -0.4 is 25.2 Å². The average Bonchev–Trinajstić information content (AvgIpc) is 3.21. The van der Waals surface area contributed by atoms with Gasteiger partial charge < -0.3 is 23.9 Å². The number of nitrogens with zero attached hydrogens (tertiary/aromatic N) is 2. The van der Waals surface area contributed by atoms with Crippen LogP contribution in [0.4, 0.5) is 10.8 Å². The van der Waals surface area contributed by atoms with Crippen LogP contribution in [0.1, 0.15) is 0 Å². The second-order valence-electron chi connectivity index (χ2n) is 5.93. The molecular formula is C20H17N3O5S. The summed E-state index contributed by atoms with van der Waals surface area (Å²) in [4.78, 5) is 12.5. The number of hydrogen-bond acceptors (Lipinski definition) is 9. The number of ether oxygens (including phenoxy) is 3. The number of rotatable bonds is 6. The first-order valence-electron chi connectivity index (χ1n) is 8.56. The summed E-state index contributed by atoms with van der Waals surface area (Å²) < 4.78 is 21.3. The first kappa shape index (κ1) is 18.8. The highest BCUT2D eigenvalue weighted by molar-refractivity contribution is 7.18. The van der Waals surface area contributed by atoms with E-state index >= 15 is 0 Å². The Balaban J connectivity index is 1.70. The summed E-state index contributed by atoms with van der Waals surface area (Å²) in [5, 5.41) is 13.1. The average molecular weight is 411 g/mol. The number of anilines is 2. The molecule has 4 rings (SSSR count). The molecule has 0 radical (unpaired) electrons. The molecular weight excluding hydrogens is 394 g/mol. The van der Waals surface area contributed by atoms with Gasteiger partial charge in [0.25, 0.3) is 0 Å². The minimum atomic E-state index is -0.510. The molecule has 0 spiro atoms. The van der Waals surface area contributed by atoms with E-state index in [2.05, 4.69) is 15.5 Å². The Morgan fingerprint density at radius 1 is 0.966 bits per heavy atom. The Morgan fingerprint density at radius 2 is 1.79 bits per heavy atom. The third-order valence-corrected chi connectivity index (χ3v) is 5.12. The summed E-state index contributed by atoms with van der Waals surface area (Å²) in [6.07, 6.45) is 0. The zero-order valence-corrected chi connectivity index (χ0v) is 16.7. The van der Waals surface area contributed by atoms with Gasteiger partial charge >= 0.3 is 5.63 Å². The van der Waals surface area contributed by atoms with E-state index in [9.17, 15) is 4.79 Å². The van der Waals surface area contributed by atoms with Gasteiger partial charge in [-0.3, -0.25) is 0 Å². The van der Waals surface area contributed by atoms with E-state index in [4.69, 9.17) is 18.6 Å². The number of aromatic nitrogens is 2. The second kappa shape index (κ2) is 7.80. The molecule has 0 aliphatic carbocycles. The van der Waals surface area contributed by atoms with E-state index in [1.54, 1.807) is 44.6 Å². The quantitative estimate of drug-likeness (QED) is 0.474. The molecule has 2 heterocycles. The molecule has 0 aliphatic heterocycles. The van der Waals surface area contributed by atoms with Gasteiger partial charge in [-0.05, 0) is 24.3 Å². The fraction of sp³-hybridized carbons (Fsp3) is 0.150. The van der Waals surface area contributed by atoms with Crippen molar-refractivity contribution < 1.29 is 18.6 Å². The summed E-state index contributed by atoms with van der Waals surface area (Å²) in [7, 11) is 4.69.